The van der Waals surface area contributed by atoms with Gasteiger partial charge in [-0.15, -0.1) is 11.3 Å². The van der Waals surface area contributed by atoms with Crippen molar-refractivity contribution in [1.82, 2.24) is 19.9 Å². The second kappa shape index (κ2) is 8.43. The minimum absolute atomic E-state index is 0.155. The van der Waals surface area contributed by atoms with Gasteiger partial charge in [0.1, 0.15) is 28.6 Å². The predicted molar refractivity (Wildman–Crippen MR) is 128 cm³/mol. The van der Waals surface area contributed by atoms with Crippen LogP contribution in [0.15, 0.2) is 36.0 Å². The number of hydrogen-bond acceptors (Lipinski definition) is 7. The monoisotopic (exact) mass is 466 g/mol. The summed E-state index contributed by atoms with van der Waals surface area (Å²) in [4.78, 5) is 29.4. The summed E-state index contributed by atoms with van der Waals surface area (Å²) < 4.78 is 14.3. The largest absolute Gasteiger partial charge is 0.465 e. The molecule has 0 bridgehead atoms. The number of carboxylic acid groups (broad SMARTS) is 1. The van der Waals surface area contributed by atoms with Gasteiger partial charge in [0.2, 0.25) is 0 Å². The quantitative estimate of drug-likeness (QED) is 0.452. The van der Waals surface area contributed by atoms with Gasteiger partial charge in [0.15, 0.2) is 0 Å². The van der Waals surface area contributed by atoms with Crippen LogP contribution in [-0.2, 0) is 0 Å². The fourth-order valence-electron chi connectivity index (χ4n) is 4.23. The number of rotatable bonds is 4. The van der Waals surface area contributed by atoms with Crippen molar-refractivity contribution < 1.29 is 14.3 Å². The number of nitrogens with zero attached hydrogens (tertiary/aromatic N) is 5. The van der Waals surface area contributed by atoms with Crippen molar-refractivity contribution in [1.29, 1.82) is 0 Å². The molecule has 0 radical (unpaired) electrons. The lowest BCUT2D eigenvalue weighted by Crippen LogP contribution is -2.49. The number of carbonyl (C=O) groups is 1. The maximum absolute atomic E-state index is 14.3. The highest BCUT2D eigenvalue weighted by Gasteiger charge is 2.26. The first-order valence-corrected chi connectivity index (χ1v) is 11.6. The third-order valence-electron chi connectivity index (χ3n) is 6.11. The smallest absolute Gasteiger partial charge is 0.407 e. The summed E-state index contributed by atoms with van der Waals surface area (Å²) in [7, 11) is 0. The fraction of sp³-hybridized carbons (Fsp3) is 0.304. The lowest BCUT2D eigenvalue weighted by molar-refractivity contribution is 0.142. The van der Waals surface area contributed by atoms with Crippen molar-refractivity contribution in [3.63, 3.8) is 0 Å². The van der Waals surface area contributed by atoms with Crippen LogP contribution >= 0.6 is 11.3 Å². The van der Waals surface area contributed by atoms with Gasteiger partial charge < -0.3 is 20.2 Å². The molecule has 2 N–H and O–H groups in total. The van der Waals surface area contributed by atoms with Crippen LogP contribution < -0.4 is 10.2 Å². The van der Waals surface area contributed by atoms with Gasteiger partial charge in [-0.3, -0.25) is 0 Å². The number of fused-ring (bicyclic) bond motifs is 2. The summed E-state index contributed by atoms with van der Waals surface area (Å²) in [6.45, 7) is 5.57. The van der Waals surface area contributed by atoms with Crippen molar-refractivity contribution in [2.24, 2.45) is 0 Å². The third-order valence-corrected chi connectivity index (χ3v) is 6.93. The minimum atomic E-state index is -0.919. The van der Waals surface area contributed by atoms with E-state index in [4.69, 9.17) is 4.98 Å². The van der Waals surface area contributed by atoms with Crippen LogP contribution in [0.5, 0.6) is 0 Å². The van der Waals surface area contributed by atoms with Crippen molar-refractivity contribution >= 4 is 50.2 Å². The Hall–Kier alpha value is -3.53. The van der Waals surface area contributed by atoms with Gasteiger partial charge in [-0.2, -0.15) is 0 Å². The molecule has 10 heteroatoms. The van der Waals surface area contributed by atoms with Crippen LogP contribution in [0.25, 0.3) is 21.1 Å². The van der Waals surface area contributed by atoms with Gasteiger partial charge in [0.05, 0.1) is 16.9 Å². The summed E-state index contributed by atoms with van der Waals surface area (Å²) in [5.74, 6) is 1.18. The molecule has 0 spiro atoms. The summed E-state index contributed by atoms with van der Waals surface area (Å²) in [6, 6.07) is 7.09. The normalized spacial score (nSPS) is 15.2. The molecule has 4 aromatic rings. The highest BCUT2D eigenvalue weighted by atomic mass is 32.1. The van der Waals surface area contributed by atoms with E-state index in [1.807, 2.05) is 24.4 Å². The van der Waals surface area contributed by atoms with E-state index in [9.17, 15) is 14.3 Å². The zero-order valence-corrected chi connectivity index (χ0v) is 19.1. The highest BCUT2D eigenvalue weighted by molar-refractivity contribution is 7.16. The van der Waals surface area contributed by atoms with Crippen molar-refractivity contribution in [2.75, 3.05) is 36.4 Å². The first kappa shape index (κ1) is 21.3. The number of aryl methyl sites for hydroxylation is 1. The van der Waals surface area contributed by atoms with Gasteiger partial charge in [0, 0.05) is 42.7 Å². The molecule has 0 unspecified atom stereocenters. The van der Waals surface area contributed by atoms with Gasteiger partial charge in [-0.1, -0.05) is 0 Å². The number of nitrogens with one attached hydrogen (secondary N) is 1. The van der Waals surface area contributed by atoms with Crippen LogP contribution in [0, 0.1) is 12.7 Å². The molecule has 1 aliphatic rings. The number of pyridine rings is 1. The SMILES string of the molecule is Cc1c(F)ccc2cc([C@H](C)Nc3ncnc4sccc34)c(N3CCN(C(=O)O)CC3)nc12. The molecule has 8 nitrogen and oxygen atoms in total. The first-order valence-electron chi connectivity index (χ1n) is 10.7. The van der Waals surface area contributed by atoms with E-state index in [1.54, 1.807) is 30.7 Å². The fourth-order valence-corrected chi connectivity index (χ4v) is 4.97. The highest BCUT2D eigenvalue weighted by Crippen LogP contribution is 2.34. The molecular weight excluding hydrogens is 443 g/mol. The number of benzene rings is 1. The summed E-state index contributed by atoms with van der Waals surface area (Å²) in [6.07, 6.45) is 0.628. The standard InChI is InChI=1S/C23H23FN6O2S/c1-13-18(24)4-3-15-11-17(14(2)27-20-16-5-10-33-22(16)26-12-25-20)21(28-19(13)15)29-6-8-30(9-7-29)23(31)32/h3-5,10-12,14H,6-9H2,1-2H3,(H,31,32)(H,25,26,27)/t14-/m0/s1. The Morgan fingerprint density at radius 3 is 2.76 bits per heavy atom. The molecule has 5 rings (SSSR count). The van der Waals surface area contributed by atoms with E-state index in [1.165, 1.54) is 11.0 Å². The second-order valence-electron chi connectivity index (χ2n) is 8.13. The topological polar surface area (TPSA) is 94.5 Å². The molecule has 1 fully saturated rings. The van der Waals surface area contributed by atoms with Crippen LogP contribution in [-0.4, -0.2) is 57.2 Å². The van der Waals surface area contributed by atoms with Crippen LogP contribution in [0.1, 0.15) is 24.1 Å². The first-order chi connectivity index (χ1) is 15.9. The minimum Gasteiger partial charge on any atom is -0.465 e. The van der Waals surface area contributed by atoms with Gasteiger partial charge in [0.25, 0.3) is 0 Å². The Balaban J connectivity index is 1.56. The van der Waals surface area contributed by atoms with Crippen LogP contribution in [0.4, 0.5) is 20.8 Å². The lowest BCUT2D eigenvalue weighted by atomic mass is 10.0. The van der Waals surface area contributed by atoms with E-state index < -0.39 is 6.09 Å². The molecule has 1 atom stereocenters. The Kier molecular flexibility index (Phi) is 5.45. The summed E-state index contributed by atoms with van der Waals surface area (Å²) in [5, 5.41) is 16.6. The zero-order valence-electron chi connectivity index (χ0n) is 18.2. The predicted octanol–water partition coefficient (Wildman–Crippen LogP) is 4.66. The number of halogens is 1. The van der Waals surface area contributed by atoms with E-state index in [-0.39, 0.29) is 11.9 Å². The van der Waals surface area contributed by atoms with Gasteiger partial charge >= 0.3 is 6.09 Å². The number of anilines is 2. The lowest BCUT2D eigenvalue weighted by Gasteiger charge is -2.35. The average molecular weight is 467 g/mol. The van der Waals surface area contributed by atoms with Crippen molar-refractivity contribution in [2.45, 2.75) is 19.9 Å². The number of piperazine rings is 1. The average Bonchev–Trinajstić information content (AvgIpc) is 3.31. The molecule has 1 aliphatic heterocycles. The second-order valence-corrected chi connectivity index (χ2v) is 9.02. The summed E-state index contributed by atoms with van der Waals surface area (Å²) >= 11 is 1.56. The maximum atomic E-state index is 14.3. The molecule has 1 aromatic carbocycles. The Morgan fingerprint density at radius 2 is 2.00 bits per heavy atom. The third kappa shape index (κ3) is 3.91. The van der Waals surface area contributed by atoms with Gasteiger partial charge in [-0.25, -0.2) is 24.1 Å². The number of hydrogen-bond donors (Lipinski definition) is 2. The molecule has 0 aliphatic carbocycles. The zero-order chi connectivity index (χ0) is 23.1. The van der Waals surface area contributed by atoms with Crippen molar-refractivity contribution in [3.8, 4) is 0 Å². The molecule has 3 aromatic heterocycles. The molecule has 0 saturated carbocycles. The van der Waals surface area contributed by atoms with E-state index in [0.29, 0.717) is 37.3 Å². The molecule has 4 heterocycles. The van der Waals surface area contributed by atoms with Crippen LogP contribution in [0.3, 0.4) is 0 Å². The van der Waals surface area contributed by atoms with E-state index >= 15 is 0 Å². The molecular formula is C23H23FN6O2S. The molecule has 1 amide bonds. The summed E-state index contributed by atoms with van der Waals surface area (Å²) in [5.41, 5.74) is 2.06. The Bertz CT molecular complexity index is 1350. The van der Waals surface area contributed by atoms with E-state index in [0.717, 1.165) is 32.8 Å². The Labute approximate surface area is 193 Å². The number of thiophene rings is 1. The molecule has 33 heavy (non-hydrogen) atoms. The number of aromatic nitrogens is 3. The molecule has 1 saturated heterocycles. The van der Waals surface area contributed by atoms with E-state index in [2.05, 4.69) is 20.2 Å². The van der Waals surface area contributed by atoms with Crippen LogP contribution in [0.2, 0.25) is 0 Å². The van der Waals surface area contributed by atoms with Gasteiger partial charge in [-0.05, 0) is 43.5 Å². The maximum Gasteiger partial charge on any atom is 0.407 e. The van der Waals surface area contributed by atoms with Crippen molar-refractivity contribution in [3.05, 3.63) is 52.9 Å². The molecule has 170 valence electrons. The number of amides is 1. The Morgan fingerprint density at radius 1 is 1.21 bits per heavy atom.